The average molecular weight is 311 g/mol. The number of hydrogen-bond acceptors (Lipinski definition) is 6. The molecule has 115 valence electrons. The topological polar surface area (TPSA) is 123 Å². The first-order valence-electron chi connectivity index (χ1n) is 5.84. The van der Waals surface area contributed by atoms with Crippen LogP contribution >= 0.6 is 0 Å². The molecule has 0 aromatic carbocycles. The summed E-state index contributed by atoms with van der Waals surface area (Å²) in [5.74, 6) is -1.48. The predicted molar refractivity (Wildman–Crippen MR) is 74.4 cm³/mol. The molecule has 0 aromatic rings. The van der Waals surface area contributed by atoms with E-state index >= 15 is 0 Å². The average Bonchev–Trinajstić information content (AvgIpc) is 2.22. The molecule has 0 aliphatic rings. The van der Waals surface area contributed by atoms with Gasteiger partial charge in [0.15, 0.2) is 0 Å². The summed E-state index contributed by atoms with van der Waals surface area (Å²) in [6, 6.07) is 0. The van der Waals surface area contributed by atoms with Gasteiger partial charge in [-0.15, -0.1) is 10.2 Å². The molecule has 0 aromatic heterocycles. The van der Waals surface area contributed by atoms with Crippen molar-refractivity contribution in [2.45, 2.75) is 27.7 Å². The third kappa shape index (κ3) is 13.5. The van der Waals surface area contributed by atoms with Gasteiger partial charge in [0.2, 0.25) is 23.6 Å². The first-order valence-corrected chi connectivity index (χ1v) is 5.84. The SMILES string of the molecule is CC(=O)NN(CCN(NC(C)=O)NC(C)=O)NC(C)=O.[Na]. The van der Waals surface area contributed by atoms with E-state index in [1.54, 1.807) is 0 Å². The van der Waals surface area contributed by atoms with Gasteiger partial charge in [0.25, 0.3) is 0 Å². The molecule has 0 aliphatic carbocycles. The molecule has 0 saturated carbocycles. The first kappa shape index (κ1) is 22.1. The van der Waals surface area contributed by atoms with E-state index in [9.17, 15) is 19.2 Å². The monoisotopic (exact) mass is 311 g/mol. The number of hydrazine groups is 4. The van der Waals surface area contributed by atoms with E-state index in [2.05, 4.69) is 21.7 Å². The van der Waals surface area contributed by atoms with Crippen molar-refractivity contribution < 1.29 is 19.2 Å². The van der Waals surface area contributed by atoms with Crippen LogP contribution in [0.15, 0.2) is 0 Å². The van der Waals surface area contributed by atoms with E-state index < -0.39 is 0 Å². The van der Waals surface area contributed by atoms with Crippen LogP contribution in [0.3, 0.4) is 0 Å². The zero-order valence-corrected chi connectivity index (χ0v) is 14.9. The predicted octanol–water partition coefficient (Wildman–Crippen LogP) is -2.59. The second kappa shape index (κ2) is 11.5. The van der Waals surface area contributed by atoms with Crippen molar-refractivity contribution in [1.82, 2.24) is 31.9 Å². The van der Waals surface area contributed by atoms with Crippen molar-refractivity contribution in [3.05, 3.63) is 0 Å². The smallest absolute Gasteiger partial charge is 0.232 e. The molecular weight excluding hydrogens is 291 g/mol. The van der Waals surface area contributed by atoms with Gasteiger partial charge in [-0.3, -0.25) is 40.9 Å². The number of carbonyl (C=O) groups excluding carboxylic acids is 4. The van der Waals surface area contributed by atoms with Gasteiger partial charge in [-0.05, 0) is 0 Å². The number of amides is 4. The molecule has 0 heterocycles. The molecular formula is C10H20N6NaO4. The quantitative estimate of drug-likeness (QED) is 0.302. The fraction of sp³-hybridized carbons (Fsp3) is 0.600. The van der Waals surface area contributed by atoms with Gasteiger partial charge in [0, 0.05) is 57.3 Å². The molecule has 0 unspecified atom stereocenters. The van der Waals surface area contributed by atoms with Crippen molar-refractivity contribution in [2.24, 2.45) is 0 Å². The van der Waals surface area contributed by atoms with Crippen LogP contribution in [0.1, 0.15) is 27.7 Å². The van der Waals surface area contributed by atoms with E-state index in [-0.39, 0.29) is 66.3 Å². The van der Waals surface area contributed by atoms with Gasteiger partial charge in [-0.2, -0.15) is 0 Å². The van der Waals surface area contributed by atoms with Crippen LogP contribution in [0.4, 0.5) is 0 Å². The summed E-state index contributed by atoms with van der Waals surface area (Å²) in [6.07, 6.45) is 0. The van der Waals surface area contributed by atoms with E-state index in [1.165, 1.54) is 27.7 Å². The molecule has 4 N–H and O–H groups in total. The minimum absolute atomic E-state index is 0. The Morgan fingerprint density at radius 2 is 0.810 bits per heavy atom. The number of rotatable bonds is 7. The molecule has 1 radical (unpaired) electrons. The summed E-state index contributed by atoms with van der Waals surface area (Å²) < 4.78 is 0. The summed E-state index contributed by atoms with van der Waals surface area (Å²) in [4.78, 5) is 43.9. The summed E-state index contributed by atoms with van der Waals surface area (Å²) >= 11 is 0. The Balaban J connectivity index is 0. The minimum Gasteiger partial charge on any atom is -0.274 e. The molecule has 0 atom stereocenters. The van der Waals surface area contributed by atoms with Crippen LogP contribution in [0.5, 0.6) is 0 Å². The van der Waals surface area contributed by atoms with Crippen molar-refractivity contribution in [3.63, 3.8) is 0 Å². The normalized spacial score (nSPS) is 9.62. The van der Waals surface area contributed by atoms with E-state index in [0.717, 1.165) is 10.2 Å². The van der Waals surface area contributed by atoms with Gasteiger partial charge in [0.1, 0.15) is 0 Å². The van der Waals surface area contributed by atoms with Gasteiger partial charge in [-0.1, -0.05) is 0 Å². The maximum atomic E-state index is 11.0. The van der Waals surface area contributed by atoms with Crippen molar-refractivity contribution in [1.29, 1.82) is 0 Å². The largest absolute Gasteiger partial charge is 0.274 e. The zero-order chi connectivity index (χ0) is 15.7. The molecule has 4 amide bonds. The Bertz CT molecular complexity index is 324. The molecule has 0 saturated heterocycles. The number of carbonyl (C=O) groups is 4. The number of hydrogen-bond donors (Lipinski definition) is 4. The molecule has 0 bridgehead atoms. The fourth-order valence-electron chi connectivity index (χ4n) is 1.24. The maximum Gasteiger partial charge on any atom is 0.232 e. The molecule has 0 rings (SSSR count). The van der Waals surface area contributed by atoms with Crippen molar-refractivity contribution in [3.8, 4) is 0 Å². The first-order chi connectivity index (χ1) is 9.20. The second-order valence-corrected chi connectivity index (χ2v) is 3.98. The number of nitrogens with one attached hydrogen (secondary N) is 4. The fourth-order valence-corrected chi connectivity index (χ4v) is 1.24. The van der Waals surface area contributed by atoms with Gasteiger partial charge >= 0.3 is 0 Å². The van der Waals surface area contributed by atoms with Gasteiger partial charge in [-0.25, -0.2) is 0 Å². The summed E-state index contributed by atoms with van der Waals surface area (Å²) in [7, 11) is 0. The van der Waals surface area contributed by atoms with E-state index in [1.807, 2.05) is 0 Å². The zero-order valence-electron chi connectivity index (χ0n) is 12.9. The minimum atomic E-state index is -0.371. The summed E-state index contributed by atoms with van der Waals surface area (Å²) in [6.45, 7) is 5.39. The third-order valence-electron chi connectivity index (χ3n) is 1.72. The molecule has 0 spiro atoms. The van der Waals surface area contributed by atoms with Crippen molar-refractivity contribution in [2.75, 3.05) is 13.1 Å². The Kier molecular flexibility index (Phi) is 12.1. The van der Waals surface area contributed by atoms with E-state index in [4.69, 9.17) is 0 Å². The van der Waals surface area contributed by atoms with Crippen LogP contribution in [-0.4, -0.2) is 76.5 Å². The maximum absolute atomic E-state index is 11.0. The van der Waals surface area contributed by atoms with Crippen LogP contribution in [-0.2, 0) is 19.2 Å². The Morgan fingerprint density at radius 3 is 0.952 bits per heavy atom. The molecule has 0 fully saturated rings. The van der Waals surface area contributed by atoms with Gasteiger partial charge < -0.3 is 0 Å². The second-order valence-electron chi connectivity index (χ2n) is 3.98. The van der Waals surface area contributed by atoms with Crippen LogP contribution in [0.25, 0.3) is 0 Å². The molecule has 21 heavy (non-hydrogen) atoms. The third-order valence-corrected chi connectivity index (χ3v) is 1.72. The Hall–Kier alpha value is -1.20. The molecule has 10 nitrogen and oxygen atoms in total. The van der Waals surface area contributed by atoms with Crippen molar-refractivity contribution >= 4 is 53.2 Å². The molecule has 0 aliphatic heterocycles. The molecule has 11 heteroatoms. The van der Waals surface area contributed by atoms with Crippen LogP contribution in [0, 0.1) is 0 Å². The Labute approximate surface area is 145 Å². The van der Waals surface area contributed by atoms with Gasteiger partial charge in [0.05, 0.1) is 13.1 Å². The van der Waals surface area contributed by atoms with Crippen LogP contribution < -0.4 is 21.7 Å². The van der Waals surface area contributed by atoms with E-state index in [0.29, 0.717) is 0 Å². The summed E-state index contributed by atoms with van der Waals surface area (Å²) in [5.41, 5.74) is 9.53. The standard InChI is InChI=1S/C10H20N6O4.Na/c1-7(17)11-15(12-8(2)18)5-6-16(13-9(3)19)14-10(4)20;/h5-6H2,1-4H3,(H,11,17)(H,12,18)(H,13,19)(H,14,20);. The Morgan fingerprint density at radius 1 is 0.619 bits per heavy atom. The summed E-state index contributed by atoms with van der Waals surface area (Å²) in [5, 5.41) is 2.31. The number of nitrogens with zero attached hydrogens (tertiary/aromatic N) is 2. The van der Waals surface area contributed by atoms with Crippen LogP contribution in [0.2, 0.25) is 0 Å².